The molecule has 2 atom stereocenters. The minimum Gasteiger partial charge on any atom is -0.496 e. The smallest absolute Gasteiger partial charge is 0.339 e. The van der Waals surface area contributed by atoms with E-state index in [0.717, 1.165) is 0 Å². The van der Waals surface area contributed by atoms with Crippen molar-refractivity contribution in [1.29, 1.82) is 0 Å². The SMILES string of the molecule is CC(O)C(=O)O.COc1cc2c(cc1Cc1cccc(Cl)c1F)C(=O)C(C(=O)O)=CC2N(CO)C(C)C. The minimum atomic E-state index is -1.35. The molecule has 0 aliphatic heterocycles. The molecule has 3 rings (SSSR count). The van der Waals surface area contributed by atoms with Crippen molar-refractivity contribution < 1.29 is 43.9 Å². The van der Waals surface area contributed by atoms with Gasteiger partial charge in [0.05, 0.1) is 24.9 Å². The number of Topliss-reactive ketones (excluding diaryl/α,β-unsaturated/α-hetero) is 1. The summed E-state index contributed by atoms with van der Waals surface area (Å²) >= 11 is 5.88. The molecule has 1 aliphatic carbocycles. The van der Waals surface area contributed by atoms with E-state index in [9.17, 15) is 29.0 Å². The van der Waals surface area contributed by atoms with Crippen LogP contribution in [0.15, 0.2) is 42.0 Å². The predicted molar refractivity (Wildman–Crippen MR) is 133 cm³/mol. The number of aliphatic carboxylic acids is 2. The second-order valence-electron chi connectivity index (χ2n) is 8.56. The summed E-state index contributed by atoms with van der Waals surface area (Å²) < 4.78 is 19.9. The molecule has 2 aromatic rings. The number of hydrogen-bond acceptors (Lipinski definition) is 7. The van der Waals surface area contributed by atoms with E-state index in [4.69, 9.17) is 26.6 Å². The van der Waals surface area contributed by atoms with Crippen LogP contribution in [0.4, 0.5) is 4.39 Å². The first-order valence-corrected chi connectivity index (χ1v) is 11.6. The number of hydrogen-bond donors (Lipinski definition) is 4. The third kappa shape index (κ3) is 6.92. The van der Waals surface area contributed by atoms with Crippen molar-refractivity contribution in [2.75, 3.05) is 13.8 Å². The molecule has 0 saturated heterocycles. The number of nitrogens with zero attached hydrogens (tertiary/aromatic N) is 1. The van der Waals surface area contributed by atoms with Crippen LogP contribution in [0.2, 0.25) is 5.02 Å². The minimum absolute atomic E-state index is 0.0165. The second kappa shape index (κ2) is 12.8. The Labute approximate surface area is 218 Å². The monoisotopic (exact) mass is 537 g/mol. The summed E-state index contributed by atoms with van der Waals surface area (Å²) in [5.41, 5.74) is 1.16. The first-order valence-electron chi connectivity index (χ1n) is 11.2. The third-order valence-corrected chi connectivity index (χ3v) is 6.06. The summed E-state index contributed by atoms with van der Waals surface area (Å²) in [6.07, 6.45) is 0.213. The number of halogens is 2. The van der Waals surface area contributed by atoms with Crippen molar-refractivity contribution in [2.24, 2.45) is 0 Å². The lowest BCUT2D eigenvalue weighted by molar-refractivity contribution is -0.145. The summed E-state index contributed by atoms with van der Waals surface area (Å²) in [5.74, 6) is -3.32. The molecule has 9 nitrogen and oxygen atoms in total. The lowest BCUT2D eigenvalue weighted by Gasteiger charge is -2.35. The quantitative estimate of drug-likeness (QED) is 0.294. The molecule has 0 fully saturated rings. The fourth-order valence-corrected chi connectivity index (χ4v) is 3.98. The van der Waals surface area contributed by atoms with Gasteiger partial charge in [-0.15, -0.1) is 0 Å². The number of aliphatic hydroxyl groups excluding tert-OH is 2. The highest BCUT2D eigenvalue weighted by atomic mass is 35.5. The van der Waals surface area contributed by atoms with Gasteiger partial charge in [0.15, 0.2) is 5.78 Å². The molecule has 0 spiro atoms. The third-order valence-electron chi connectivity index (χ3n) is 5.77. The number of carbonyl (C=O) groups is 3. The number of rotatable bonds is 8. The Morgan fingerprint density at radius 1 is 1.16 bits per heavy atom. The first-order chi connectivity index (χ1) is 17.3. The molecule has 0 amide bonds. The molecule has 0 radical (unpaired) electrons. The maximum atomic E-state index is 14.4. The van der Waals surface area contributed by atoms with Crippen molar-refractivity contribution in [2.45, 2.75) is 45.4 Å². The van der Waals surface area contributed by atoms with E-state index >= 15 is 0 Å². The molecular formula is C26H29ClFNO8. The maximum absolute atomic E-state index is 14.4. The molecule has 0 bridgehead atoms. The van der Waals surface area contributed by atoms with Gasteiger partial charge in [-0.3, -0.25) is 9.69 Å². The van der Waals surface area contributed by atoms with Gasteiger partial charge in [0.25, 0.3) is 0 Å². The molecule has 0 aromatic heterocycles. The van der Waals surface area contributed by atoms with Gasteiger partial charge in [0, 0.05) is 18.0 Å². The number of carboxylic acid groups (broad SMARTS) is 2. The van der Waals surface area contributed by atoms with Crippen molar-refractivity contribution in [3.63, 3.8) is 0 Å². The summed E-state index contributed by atoms with van der Waals surface area (Å²) in [6, 6.07) is 7.06. The second-order valence-corrected chi connectivity index (χ2v) is 8.97. The predicted octanol–water partition coefficient (Wildman–Crippen LogP) is 3.44. The maximum Gasteiger partial charge on any atom is 0.339 e. The summed E-state index contributed by atoms with van der Waals surface area (Å²) in [7, 11) is 1.46. The fraction of sp³-hybridized carbons (Fsp3) is 0.346. The van der Waals surface area contributed by atoms with Crippen molar-refractivity contribution >= 4 is 29.3 Å². The van der Waals surface area contributed by atoms with Gasteiger partial charge in [-0.1, -0.05) is 23.7 Å². The highest BCUT2D eigenvalue weighted by molar-refractivity contribution is 6.30. The Bertz CT molecular complexity index is 1210. The van der Waals surface area contributed by atoms with E-state index in [1.165, 1.54) is 32.2 Å². The number of carbonyl (C=O) groups excluding carboxylic acids is 1. The average molecular weight is 538 g/mol. The van der Waals surface area contributed by atoms with E-state index in [1.807, 2.05) is 13.8 Å². The van der Waals surface area contributed by atoms with E-state index in [2.05, 4.69) is 0 Å². The van der Waals surface area contributed by atoms with Gasteiger partial charge in [-0.25, -0.2) is 14.0 Å². The number of ether oxygens (including phenoxy) is 1. The van der Waals surface area contributed by atoms with Crippen LogP contribution in [0.5, 0.6) is 5.75 Å². The Kier molecular flexibility index (Phi) is 10.3. The lowest BCUT2D eigenvalue weighted by atomic mass is 9.84. The Balaban J connectivity index is 0.000000717. The van der Waals surface area contributed by atoms with Gasteiger partial charge < -0.3 is 25.2 Å². The van der Waals surface area contributed by atoms with E-state index < -0.39 is 35.7 Å². The van der Waals surface area contributed by atoms with Gasteiger partial charge in [0.2, 0.25) is 0 Å². The highest BCUT2D eigenvalue weighted by Crippen LogP contribution is 2.38. The number of benzene rings is 2. The van der Waals surface area contributed by atoms with Crippen LogP contribution < -0.4 is 4.74 Å². The van der Waals surface area contributed by atoms with E-state index in [-0.39, 0.29) is 35.4 Å². The molecule has 200 valence electrons. The Morgan fingerprint density at radius 3 is 2.27 bits per heavy atom. The van der Waals surface area contributed by atoms with Crippen LogP contribution >= 0.6 is 11.6 Å². The number of ketones is 1. The number of aliphatic hydroxyl groups is 2. The van der Waals surface area contributed by atoms with Crippen LogP contribution in [0.1, 0.15) is 53.9 Å². The number of methoxy groups -OCH3 is 1. The molecule has 2 aromatic carbocycles. The van der Waals surface area contributed by atoms with Crippen LogP contribution in [-0.4, -0.2) is 69.0 Å². The number of carboxylic acids is 2. The standard InChI is InChI=1S/C23H23ClFNO5.C3H6O3/c1-12(2)26(11-27)19-9-17(23(29)30)22(28)16-8-14(20(31-3)10-15(16)19)7-13-5-4-6-18(24)21(13)25;1-2(4)3(5)6/h4-6,8-10,12,19,27H,7,11H2,1-3H3,(H,29,30);2,4H,1H3,(H,5,6). The van der Waals surface area contributed by atoms with Gasteiger partial charge in [0.1, 0.15) is 23.2 Å². The molecule has 4 N–H and O–H groups in total. The van der Waals surface area contributed by atoms with Crippen LogP contribution in [0.3, 0.4) is 0 Å². The first kappa shape index (κ1) is 29.9. The zero-order valence-corrected chi connectivity index (χ0v) is 21.5. The van der Waals surface area contributed by atoms with Gasteiger partial charge in [-0.2, -0.15) is 0 Å². The molecule has 11 heteroatoms. The summed E-state index contributed by atoms with van der Waals surface area (Å²) in [6.45, 7) is 4.57. The lowest BCUT2D eigenvalue weighted by Crippen LogP contribution is -2.38. The summed E-state index contributed by atoms with van der Waals surface area (Å²) in [4.78, 5) is 35.8. The van der Waals surface area contributed by atoms with E-state index in [0.29, 0.717) is 22.4 Å². The van der Waals surface area contributed by atoms with Crippen LogP contribution in [0.25, 0.3) is 0 Å². The van der Waals surface area contributed by atoms with Crippen LogP contribution in [-0.2, 0) is 16.0 Å². The van der Waals surface area contributed by atoms with Crippen molar-refractivity contribution in [1.82, 2.24) is 4.90 Å². The summed E-state index contributed by atoms with van der Waals surface area (Å²) in [5, 5.41) is 35.2. The van der Waals surface area contributed by atoms with Crippen molar-refractivity contribution in [3.8, 4) is 5.75 Å². The van der Waals surface area contributed by atoms with Crippen LogP contribution in [0, 0.1) is 5.82 Å². The van der Waals surface area contributed by atoms with Gasteiger partial charge >= 0.3 is 11.9 Å². The largest absolute Gasteiger partial charge is 0.496 e. The van der Waals surface area contributed by atoms with E-state index in [1.54, 1.807) is 23.1 Å². The van der Waals surface area contributed by atoms with Gasteiger partial charge in [-0.05, 0) is 61.7 Å². The molecule has 0 heterocycles. The molecule has 1 aliphatic rings. The number of fused-ring (bicyclic) bond motifs is 1. The molecule has 2 unspecified atom stereocenters. The zero-order chi connectivity index (χ0) is 28.0. The normalized spacial score (nSPS) is 15.5. The fourth-order valence-electron chi connectivity index (χ4n) is 3.78. The Morgan fingerprint density at radius 2 is 1.78 bits per heavy atom. The average Bonchev–Trinajstić information content (AvgIpc) is 2.83. The topological polar surface area (TPSA) is 145 Å². The van der Waals surface area contributed by atoms with Crippen molar-refractivity contribution in [3.05, 3.63) is 75.1 Å². The molecule has 37 heavy (non-hydrogen) atoms. The zero-order valence-electron chi connectivity index (χ0n) is 20.7. The Hall–Kier alpha value is -3.31. The molecular weight excluding hydrogens is 509 g/mol. The molecule has 0 saturated carbocycles. The highest BCUT2D eigenvalue weighted by Gasteiger charge is 2.35.